The summed E-state index contributed by atoms with van der Waals surface area (Å²) in [5, 5.41) is 12.7. The third kappa shape index (κ3) is 3.70. The third-order valence-electron chi connectivity index (χ3n) is 4.06. The molecule has 0 aromatic heterocycles. The first-order chi connectivity index (χ1) is 9.05. The monoisotopic (exact) mass is 301 g/mol. The van der Waals surface area contributed by atoms with Crippen molar-refractivity contribution < 1.29 is 14.3 Å². The predicted octanol–water partition coefficient (Wildman–Crippen LogP) is 3.17. The first-order valence-electron chi connectivity index (χ1n) is 6.81. The highest BCUT2D eigenvalue weighted by atomic mass is 35.5. The molecular formula is C15H21ClFNO2. The number of benzene rings is 1. The van der Waals surface area contributed by atoms with Crippen LogP contribution in [0.3, 0.4) is 0 Å². The van der Waals surface area contributed by atoms with Gasteiger partial charge in [0.2, 0.25) is 0 Å². The van der Waals surface area contributed by atoms with Gasteiger partial charge < -0.3 is 5.11 Å². The molecule has 1 aromatic rings. The van der Waals surface area contributed by atoms with Gasteiger partial charge in [-0.2, -0.15) is 0 Å². The lowest BCUT2D eigenvalue weighted by atomic mass is 9.90. The van der Waals surface area contributed by atoms with Crippen molar-refractivity contribution >= 4 is 18.4 Å². The van der Waals surface area contributed by atoms with E-state index in [9.17, 15) is 14.3 Å². The first kappa shape index (κ1) is 16.9. The Morgan fingerprint density at radius 3 is 2.60 bits per heavy atom. The fraction of sp³-hybridized carbons (Fsp3) is 0.533. The molecule has 0 spiro atoms. The number of nitrogens with one attached hydrogen (secondary N) is 1. The summed E-state index contributed by atoms with van der Waals surface area (Å²) in [6, 6.07) is 6.57. The van der Waals surface area contributed by atoms with Crippen LogP contribution in [-0.2, 0) is 11.2 Å². The Bertz CT molecular complexity index is 452. The summed E-state index contributed by atoms with van der Waals surface area (Å²) in [5.74, 6) is -1.03. The predicted molar refractivity (Wildman–Crippen MR) is 78.8 cm³/mol. The van der Waals surface area contributed by atoms with Crippen LogP contribution in [0.5, 0.6) is 0 Å². The van der Waals surface area contributed by atoms with Crippen LogP contribution in [0, 0.1) is 5.82 Å². The van der Waals surface area contributed by atoms with Crippen molar-refractivity contribution in [3.05, 3.63) is 35.6 Å². The summed E-state index contributed by atoms with van der Waals surface area (Å²) in [6.07, 6.45) is 3.72. The molecule has 1 aromatic carbocycles. The molecule has 1 heterocycles. The molecule has 2 atom stereocenters. The van der Waals surface area contributed by atoms with E-state index in [4.69, 9.17) is 0 Å². The Hall–Kier alpha value is -1.13. The molecule has 2 rings (SSSR count). The molecule has 1 aliphatic heterocycles. The zero-order valence-corrected chi connectivity index (χ0v) is 12.4. The average Bonchev–Trinajstić information content (AvgIpc) is 2.83. The van der Waals surface area contributed by atoms with Crippen molar-refractivity contribution in [2.24, 2.45) is 0 Å². The summed E-state index contributed by atoms with van der Waals surface area (Å²) < 4.78 is 12.8. The van der Waals surface area contributed by atoms with Gasteiger partial charge in [-0.15, -0.1) is 12.4 Å². The van der Waals surface area contributed by atoms with Crippen LogP contribution in [0.2, 0.25) is 0 Å². The summed E-state index contributed by atoms with van der Waals surface area (Å²) in [7, 11) is 0. The van der Waals surface area contributed by atoms with E-state index in [2.05, 4.69) is 12.2 Å². The lowest BCUT2D eigenvalue weighted by Gasteiger charge is -2.26. The lowest BCUT2D eigenvalue weighted by Crippen LogP contribution is -2.50. The molecule has 1 aliphatic rings. The maximum Gasteiger partial charge on any atom is 0.323 e. The van der Waals surface area contributed by atoms with Gasteiger partial charge in [-0.05, 0) is 49.8 Å². The van der Waals surface area contributed by atoms with E-state index >= 15 is 0 Å². The van der Waals surface area contributed by atoms with Crippen LogP contribution < -0.4 is 5.32 Å². The molecule has 20 heavy (non-hydrogen) atoms. The normalized spacial score (nSPS) is 25.2. The van der Waals surface area contributed by atoms with E-state index in [0.29, 0.717) is 25.3 Å². The van der Waals surface area contributed by atoms with E-state index in [0.717, 1.165) is 18.4 Å². The molecule has 0 radical (unpaired) electrons. The zero-order valence-electron chi connectivity index (χ0n) is 11.6. The maximum absolute atomic E-state index is 12.8. The molecule has 0 amide bonds. The molecular weight excluding hydrogens is 281 g/mol. The molecule has 1 saturated heterocycles. The Morgan fingerprint density at radius 1 is 1.45 bits per heavy atom. The molecule has 1 fully saturated rings. The van der Waals surface area contributed by atoms with Gasteiger partial charge in [0.1, 0.15) is 11.4 Å². The summed E-state index contributed by atoms with van der Waals surface area (Å²) in [6.45, 7) is 2.07. The van der Waals surface area contributed by atoms with Crippen molar-refractivity contribution in [3.8, 4) is 0 Å². The second-order valence-corrected chi connectivity index (χ2v) is 5.30. The number of rotatable bonds is 5. The van der Waals surface area contributed by atoms with Crippen molar-refractivity contribution in [2.75, 3.05) is 0 Å². The molecule has 0 aliphatic carbocycles. The Labute approximate surface area is 125 Å². The maximum atomic E-state index is 12.8. The molecule has 0 saturated carbocycles. The minimum Gasteiger partial charge on any atom is -0.480 e. The second kappa shape index (κ2) is 7.04. The van der Waals surface area contributed by atoms with Gasteiger partial charge in [0.25, 0.3) is 0 Å². The number of carboxylic acid groups (broad SMARTS) is 1. The Balaban J connectivity index is 0.00000200. The molecule has 2 N–H and O–H groups in total. The molecule has 0 unspecified atom stereocenters. The van der Waals surface area contributed by atoms with Crippen LogP contribution in [0.15, 0.2) is 24.3 Å². The minimum atomic E-state index is -0.810. The highest BCUT2D eigenvalue weighted by Crippen LogP contribution is 2.29. The smallest absolute Gasteiger partial charge is 0.323 e. The highest BCUT2D eigenvalue weighted by molar-refractivity contribution is 5.85. The summed E-state index contributed by atoms with van der Waals surface area (Å²) in [4.78, 5) is 11.5. The Morgan fingerprint density at radius 2 is 2.10 bits per heavy atom. The topological polar surface area (TPSA) is 49.3 Å². The minimum absolute atomic E-state index is 0. The molecule has 5 heteroatoms. The van der Waals surface area contributed by atoms with E-state index in [1.165, 1.54) is 12.1 Å². The van der Waals surface area contributed by atoms with E-state index in [-0.39, 0.29) is 18.2 Å². The molecule has 3 nitrogen and oxygen atoms in total. The fourth-order valence-electron chi connectivity index (χ4n) is 2.74. The number of carboxylic acids is 1. The highest BCUT2D eigenvalue weighted by Gasteiger charge is 2.43. The average molecular weight is 302 g/mol. The molecule has 112 valence electrons. The van der Waals surface area contributed by atoms with E-state index in [1.54, 1.807) is 12.1 Å². The van der Waals surface area contributed by atoms with E-state index < -0.39 is 11.5 Å². The van der Waals surface area contributed by atoms with Crippen molar-refractivity contribution in [3.63, 3.8) is 0 Å². The van der Waals surface area contributed by atoms with Crippen LogP contribution in [-0.4, -0.2) is 22.7 Å². The van der Waals surface area contributed by atoms with E-state index in [1.807, 2.05) is 0 Å². The number of carbonyl (C=O) groups is 1. The van der Waals surface area contributed by atoms with Gasteiger partial charge in [-0.25, -0.2) is 4.39 Å². The summed E-state index contributed by atoms with van der Waals surface area (Å²) >= 11 is 0. The third-order valence-corrected chi connectivity index (χ3v) is 4.06. The first-order valence-corrected chi connectivity index (χ1v) is 6.81. The fourth-order valence-corrected chi connectivity index (χ4v) is 2.74. The lowest BCUT2D eigenvalue weighted by molar-refractivity contribution is -0.144. The quantitative estimate of drug-likeness (QED) is 0.878. The van der Waals surface area contributed by atoms with Gasteiger partial charge in [0.05, 0.1) is 0 Å². The van der Waals surface area contributed by atoms with Crippen LogP contribution in [0.25, 0.3) is 0 Å². The number of hydrogen-bond acceptors (Lipinski definition) is 2. The zero-order chi connectivity index (χ0) is 13.9. The second-order valence-electron chi connectivity index (χ2n) is 5.30. The summed E-state index contributed by atoms with van der Waals surface area (Å²) in [5.41, 5.74) is 0.165. The van der Waals surface area contributed by atoms with Gasteiger partial charge in [-0.3, -0.25) is 10.1 Å². The number of aryl methyl sites for hydroxylation is 1. The SMILES string of the molecule is CC[C@H]1CC[C@](CCc2ccc(F)cc2)(C(=O)O)N1.Cl. The van der Waals surface area contributed by atoms with Crippen molar-refractivity contribution in [2.45, 2.75) is 50.6 Å². The van der Waals surface area contributed by atoms with Gasteiger partial charge in [0, 0.05) is 6.04 Å². The number of halogens is 2. The van der Waals surface area contributed by atoms with Crippen molar-refractivity contribution in [1.29, 1.82) is 0 Å². The standard InChI is InChI=1S/C15H20FNO2.ClH/c1-2-13-8-10-15(17-13,14(18)19)9-7-11-3-5-12(16)6-4-11;/h3-6,13,17H,2,7-10H2,1H3,(H,18,19);1H/t13-,15+;/m0./s1. The van der Waals surface area contributed by atoms with Crippen molar-refractivity contribution in [1.82, 2.24) is 5.32 Å². The Kier molecular flexibility index (Phi) is 5.96. The van der Waals surface area contributed by atoms with Gasteiger partial charge in [0.15, 0.2) is 0 Å². The molecule has 0 bridgehead atoms. The van der Waals surface area contributed by atoms with Crippen LogP contribution in [0.1, 0.15) is 38.2 Å². The number of hydrogen-bond donors (Lipinski definition) is 2. The number of aliphatic carboxylic acids is 1. The van der Waals surface area contributed by atoms with Crippen LogP contribution in [0.4, 0.5) is 4.39 Å². The van der Waals surface area contributed by atoms with Gasteiger partial charge in [-0.1, -0.05) is 19.1 Å². The largest absolute Gasteiger partial charge is 0.480 e. The van der Waals surface area contributed by atoms with Gasteiger partial charge >= 0.3 is 5.97 Å². The van der Waals surface area contributed by atoms with Crippen LogP contribution >= 0.6 is 12.4 Å².